The van der Waals surface area contributed by atoms with E-state index in [9.17, 15) is 4.79 Å². The predicted octanol–water partition coefficient (Wildman–Crippen LogP) is 2.12. The summed E-state index contributed by atoms with van der Waals surface area (Å²) in [7, 11) is 0. The van der Waals surface area contributed by atoms with E-state index < -0.39 is 0 Å². The Balaban J connectivity index is 1.67. The van der Waals surface area contributed by atoms with Crippen LogP contribution in [0.1, 0.15) is 31.2 Å². The third-order valence-electron chi connectivity index (χ3n) is 3.44. The lowest BCUT2D eigenvalue weighted by atomic mass is 9.83. The average molecular weight is 232 g/mol. The topological polar surface area (TPSA) is 55.1 Å². The predicted molar refractivity (Wildman–Crippen MR) is 69.5 cm³/mol. The van der Waals surface area contributed by atoms with Crippen molar-refractivity contribution in [2.45, 2.75) is 32.1 Å². The molecule has 2 rings (SSSR count). The number of benzene rings is 1. The second-order valence-electron chi connectivity index (χ2n) is 4.85. The van der Waals surface area contributed by atoms with Gasteiger partial charge in [-0.25, -0.2) is 0 Å². The number of nitrogens with two attached hydrogens (primary N) is 1. The Bertz CT molecular complexity index is 368. The summed E-state index contributed by atoms with van der Waals surface area (Å²) < 4.78 is 0. The van der Waals surface area contributed by atoms with Crippen molar-refractivity contribution in [1.29, 1.82) is 0 Å². The Kier molecular flexibility index (Phi) is 4.02. The molecule has 1 saturated carbocycles. The average Bonchev–Trinajstić information content (AvgIpc) is 2.25. The van der Waals surface area contributed by atoms with Gasteiger partial charge in [0.05, 0.1) is 6.42 Å². The highest BCUT2D eigenvalue weighted by Crippen LogP contribution is 2.28. The number of hydrogen-bond acceptors (Lipinski definition) is 2. The molecule has 0 bridgehead atoms. The summed E-state index contributed by atoms with van der Waals surface area (Å²) in [4.78, 5) is 11.6. The molecule has 0 aliphatic heterocycles. The van der Waals surface area contributed by atoms with Gasteiger partial charge >= 0.3 is 0 Å². The molecule has 1 aliphatic carbocycles. The van der Waals surface area contributed by atoms with Crippen LogP contribution < -0.4 is 11.1 Å². The van der Waals surface area contributed by atoms with E-state index in [1.54, 1.807) is 0 Å². The molecule has 0 spiro atoms. The molecule has 0 saturated heterocycles. The number of anilines is 1. The lowest BCUT2D eigenvalue weighted by Crippen LogP contribution is -2.28. The first kappa shape index (κ1) is 12.0. The van der Waals surface area contributed by atoms with Crippen LogP contribution in [-0.2, 0) is 11.2 Å². The molecular weight excluding hydrogens is 212 g/mol. The molecule has 3 heteroatoms. The van der Waals surface area contributed by atoms with Crippen molar-refractivity contribution >= 4 is 11.6 Å². The lowest BCUT2D eigenvalue weighted by molar-refractivity contribution is -0.120. The van der Waals surface area contributed by atoms with Gasteiger partial charge in [0.2, 0.25) is 5.91 Å². The van der Waals surface area contributed by atoms with Gasteiger partial charge in [-0.05, 0) is 30.0 Å². The third kappa shape index (κ3) is 3.77. The monoisotopic (exact) mass is 232 g/mol. The normalized spacial score (nSPS) is 15.3. The van der Waals surface area contributed by atoms with Crippen molar-refractivity contribution in [3.05, 3.63) is 29.8 Å². The van der Waals surface area contributed by atoms with Gasteiger partial charge in [-0.1, -0.05) is 31.4 Å². The fourth-order valence-electron chi connectivity index (χ4n) is 2.08. The van der Waals surface area contributed by atoms with Gasteiger partial charge in [0.1, 0.15) is 0 Å². The van der Waals surface area contributed by atoms with Gasteiger partial charge in [-0.15, -0.1) is 0 Å². The Morgan fingerprint density at radius 1 is 1.29 bits per heavy atom. The number of nitrogen functional groups attached to an aromatic ring is 1. The molecule has 1 aliphatic rings. The van der Waals surface area contributed by atoms with E-state index in [4.69, 9.17) is 5.73 Å². The maximum absolute atomic E-state index is 11.6. The SMILES string of the molecule is Nc1ccc(CC(=O)NCCC2CCC2)cc1. The van der Waals surface area contributed by atoms with E-state index in [0.717, 1.165) is 30.1 Å². The number of carbonyl (C=O) groups excluding carboxylic acids is 1. The molecule has 3 nitrogen and oxygen atoms in total. The van der Waals surface area contributed by atoms with Crippen LogP contribution in [0.4, 0.5) is 5.69 Å². The van der Waals surface area contributed by atoms with E-state index >= 15 is 0 Å². The molecular formula is C14H20N2O. The van der Waals surface area contributed by atoms with Crippen molar-refractivity contribution in [3.8, 4) is 0 Å². The third-order valence-corrected chi connectivity index (χ3v) is 3.44. The molecule has 17 heavy (non-hydrogen) atoms. The zero-order valence-corrected chi connectivity index (χ0v) is 10.1. The van der Waals surface area contributed by atoms with Crippen molar-refractivity contribution in [3.63, 3.8) is 0 Å². The van der Waals surface area contributed by atoms with E-state index in [1.807, 2.05) is 24.3 Å². The summed E-state index contributed by atoms with van der Waals surface area (Å²) in [5.74, 6) is 0.959. The van der Waals surface area contributed by atoms with Crippen LogP contribution in [-0.4, -0.2) is 12.5 Å². The molecule has 1 amide bonds. The summed E-state index contributed by atoms with van der Waals surface area (Å²) >= 11 is 0. The first-order valence-corrected chi connectivity index (χ1v) is 6.35. The molecule has 0 atom stereocenters. The number of rotatable bonds is 5. The Labute approximate surface area is 102 Å². The number of nitrogens with one attached hydrogen (secondary N) is 1. The van der Waals surface area contributed by atoms with Gasteiger partial charge < -0.3 is 11.1 Å². The fraction of sp³-hybridized carbons (Fsp3) is 0.500. The smallest absolute Gasteiger partial charge is 0.224 e. The lowest BCUT2D eigenvalue weighted by Gasteiger charge is -2.25. The maximum Gasteiger partial charge on any atom is 0.224 e. The highest BCUT2D eigenvalue weighted by atomic mass is 16.1. The van der Waals surface area contributed by atoms with Crippen LogP contribution in [0.15, 0.2) is 24.3 Å². The summed E-state index contributed by atoms with van der Waals surface area (Å²) in [6.07, 6.45) is 5.63. The zero-order chi connectivity index (χ0) is 12.1. The van der Waals surface area contributed by atoms with Crippen LogP contribution in [0.3, 0.4) is 0 Å². The van der Waals surface area contributed by atoms with Gasteiger partial charge in [-0.2, -0.15) is 0 Å². The van der Waals surface area contributed by atoms with Crippen LogP contribution in [0, 0.1) is 5.92 Å². The maximum atomic E-state index is 11.6. The largest absolute Gasteiger partial charge is 0.399 e. The number of carbonyl (C=O) groups is 1. The number of hydrogen-bond donors (Lipinski definition) is 2. The first-order valence-electron chi connectivity index (χ1n) is 6.35. The highest BCUT2D eigenvalue weighted by molar-refractivity contribution is 5.78. The Hall–Kier alpha value is -1.51. The van der Waals surface area contributed by atoms with E-state index in [1.165, 1.54) is 19.3 Å². The summed E-state index contributed by atoms with van der Waals surface area (Å²) in [5.41, 5.74) is 7.34. The molecule has 0 heterocycles. The molecule has 1 aromatic carbocycles. The molecule has 1 fully saturated rings. The minimum atomic E-state index is 0.106. The van der Waals surface area contributed by atoms with Crippen molar-refractivity contribution in [2.75, 3.05) is 12.3 Å². The second kappa shape index (κ2) is 5.71. The van der Waals surface area contributed by atoms with Crippen molar-refractivity contribution < 1.29 is 4.79 Å². The van der Waals surface area contributed by atoms with Gasteiger partial charge in [0.25, 0.3) is 0 Å². The number of amides is 1. The van der Waals surface area contributed by atoms with Crippen LogP contribution >= 0.6 is 0 Å². The minimum Gasteiger partial charge on any atom is -0.399 e. The highest BCUT2D eigenvalue weighted by Gasteiger charge is 2.16. The van der Waals surface area contributed by atoms with Gasteiger partial charge in [0, 0.05) is 12.2 Å². The molecule has 0 unspecified atom stereocenters. The van der Waals surface area contributed by atoms with Crippen molar-refractivity contribution in [2.24, 2.45) is 5.92 Å². The molecule has 0 radical (unpaired) electrons. The van der Waals surface area contributed by atoms with Crippen LogP contribution in [0.25, 0.3) is 0 Å². The first-order chi connectivity index (χ1) is 8.24. The van der Waals surface area contributed by atoms with E-state index in [-0.39, 0.29) is 5.91 Å². The van der Waals surface area contributed by atoms with Crippen LogP contribution in [0.2, 0.25) is 0 Å². The van der Waals surface area contributed by atoms with E-state index in [0.29, 0.717) is 6.42 Å². The standard InChI is InChI=1S/C14H20N2O/c15-13-6-4-12(5-7-13)10-14(17)16-9-8-11-2-1-3-11/h4-7,11H,1-3,8-10,15H2,(H,16,17). The second-order valence-corrected chi connectivity index (χ2v) is 4.85. The summed E-state index contributed by atoms with van der Waals surface area (Å²) in [6.45, 7) is 0.818. The Morgan fingerprint density at radius 2 is 2.00 bits per heavy atom. The van der Waals surface area contributed by atoms with Crippen molar-refractivity contribution in [1.82, 2.24) is 5.32 Å². The quantitative estimate of drug-likeness (QED) is 0.764. The van der Waals surface area contributed by atoms with E-state index in [2.05, 4.69) is 5.32 Å². The van der Waals surface area contributed by atoms with Gasteiger partial charge in [-0.3, -0.25) is 4.79 Å². The molecule has 92 valence electrons. The molecule has 0 aromatic heterocycles. The zero-order valence-electron chi connectivity index (χ0n) is 10.1. The molecule has 1 aromatic rings. The molecule has 3 N–H and O–H groups in total. The van der Waals surface area contributed by atoms with Gasteiger partial charge in [0.15, 0.2) is 0 Å². The Morgan fingerprint density at radius 3 is 2.59 bits per heavy atom. The minimum absolute atomic E-state index is 0.106. The van der Waals surface area contributed by atoms with Crippen LogP contribution in [0.5, 0.6) is 0 Å². The fourth-order valence-corrected chi connectivity index (χ4v) is 2.08. The summed E-state index contributed by atoms with van der Waals surface area (Å²) in [6, 6.07) is 7.47. The summed E-state index contributed by atoms with van der Waals surface area (Å²) in [5, 5.41) is 2.97.